The van der Waals surface area contributed by atoms with Crippen molar-refractivity contribution in [1.82, 2.24) is 9.62 Å². The average Bonchev–Trinajstić information content (AvgIpc) is 2.36. The number of hydrogen-bond donors (Lipinski definition) is 1. The molecular formula is C13H16ClFN2O3S. The molecule has 2 rings (SSSR count). The number of nitrogens with one attached hydrogen (secondary N) is 1. The van der Waals surface area contributed by atoms with Gasteiger partial charge in [-0.05, 0) is 25.0 Å². The number of halogens is 2. The summed E-state index contributed by atoms with van der Waals surface area (Å²) in [5, 5.41) is 0.0539. The van der Waals surface area contributed by atoms with E-state index in [1.807, 2.05) is 0 Å². The second-order valence-electron chi connectivity index (χ2n) is 5.08. The van der Waals surface area contributed by atoms with Crippen LogP contribution < -0.4 is 4.72 Å². The Kier molecular flexibility index (Phi) is 4.85. The van der Waals surface area contributed by atoms with Gasteiger partial charge in [-0.1, -0.05) is 17.7 Å². The van der Waals surface area contributed by atoms with Crippen molar-refractivity contribution >= 4 is 27.5 Å². The van der Waals surface area contributed by atoms with Crippen LogP contribution in [0, 0.1) is 5.82 Å². The summed E-state index contributed by atoms with van der Waals surface area (Å²) in [6, 6.07) is 3.70. The SMILES string of the molecule is CS(=O)(=O)N[C@@H]1CCCN(C(=O)c2c(F)cccc2Cl)C1. The lowest BCUT2D eigenvalue weighted by Gasteiger charge is -2.33. The van der Waals surface area contributed by atoms with E-state index in [2.05, 4.69) is 4.72 Å². The first kappa shape index (κ1) is 16.2. The van der Waals surface area contributed by atoms with Crippen LogP contribution in [-0.2, 0) is 10.0 Å². The molecule has 0 unspecified atom stereocenters. The van der Waals surface area contributed by atoms with Gasteiger partial charge in [-0.3, -0.25) is 4.79 Å². The predicted molar refractivity (Wildman–Crippen MR) is 78.3 cm³/mol. The van der Waals surface area contributed by atoms with Gasteiger partial charge in [0.1, 0.15) is 5.82 Å². The summed E-state index contributed by atoms with van der Waals surface area (Å²) in [7, 11) is -3.34. The Labute approximate surface area is 128 Å². The molecule has 1 aromatic carbocycles. The molecule has 116 valence electrons. The highest BCUT2D eigenvalue weighted by atomic mass is 35.5. The van der Waals surface area contributed by atoms with Gasteiger partial charge in [-0.25, -0.2) is 17.5 Å². The molecule has 1 fully saturated rings. The zero-order valence-electron chi connectivity index (χ0n) is 11.5. The number of rotatable bonds is 3. The van der Waals surface area contributed by atoms with Crippen molar-refractivity contribution < 1.29 is 17.6 Å². The van der Waals surface area contributed by atoms with Crippen LogP contribution in [0.15, 0.2) is 18.2 Å². The molecule has 1 amide bonds. The topological polar surface area (TPSA) is 66.5 Å². The van der Waals surface area contributed by atoms with Crippen molar-refractivity contribution in [2.24, 2.45) is 0 Å². The van der Waals surface area contributed by atoms with Crippen LogP contribution in [0.3, 0.4) is 0 Å². The molecule has 0 aromatic heterocycles. The molecule has 1 aliphatic rings. The Hall–Kier alpha value is -1.18. The van der Waals surface area contributed by atoms with Crippen LogP contribution in [0.4, 0.5) is 4.39 Å². The van der Waals surface area contributed by atoms with E-state index in [0.717, 1.165) is 6.26 Å². The molecule has 1 heterocycles. The van der Waals surface area contributed by atoms with E-state index in [9.17, 15) is 17.6 Å². The molecule has 1 N–H and O–H groups in total. The normalized spacial score (nSPS) is 19.6. The minimum atomic E-state index is -3.34. The van der Waals surface area contributed by atoms with Crippen LogP contribution in [0.5, 0.6) is 0 Å². The molecule has 1 saturated heterocycles. The molecule has 1 aliphatic heterocycles. The zero-order valence-corrected chi connectivity index (χ0v) is 13.0. The molecule has 1 aromatic rings. The van der Waals surface area contributed by atoms with E-state index < -0.39 is 21.7 Å². The minimum Gasteiger partial charge on any atom is -0.337 e. The van der Waals surface area contributed by atoms with E-state index in [4.69, 9.17) is 11.6 Å². The quantitative estimate of drug-likeness (QED) is 0.913. The predicted octanol–water partition coefficient (Wildman–Crippen LogP) is 1.63. The third-order valence-corrected chi connectivity index (χ3v) is 4.34. The van der Waals surface area contributed by atoms with Gasteiger partial charge < -0.3 is 4.90 Å². The van der Waals surface area contributed by atoms with Crippen molar-refractivity contribution in [3.05, 3.63) is 34.6 Å². The van der Waals surface area contributed by atoms with Gasteiger partial charge in [-0.2, -0.15) is 0 Å². The van der Waals surface area contributed by atoms with Crippen LogP contribution in [0.25, 0.3) is 0 Å². The average molecular weight is 335 g/mol. The number of hydrogen-bond acceptors (Lipinski definition) is 3. The lowest BCUT2D eigenvalue weighted by Crippen LogP contribution is -2.49. The third-order valence-electron chi connectivity index (χ3n) is 3.27. The van der Waals surface area contributed by atoms with Crippen LogP contribution in [0.2, 0.25) is 5.02 Å². The molecule has 21 heavy (non-hydrogen) atoms. The summed E-state index contributed by atoms with van der Waals surface area (Å²) in [5.74, 6) is -1.19. The molecule has 0 spiro atoms. The maximum absolute atomic E-state index is 13.8. The molecule has 0 bridgehead atoms. The summed E-state index contributed by atoms with van der Waals surface area (Å²) in [6.45, 7) is 0.655. The van der Waals surface area contributed by atoms with Crippen molar-refractivity contribution in [3.63, 3.8) is 0 Å². The van der Waals surface area contributed by atoms with Gasteiger partial charge in [0.25, 0.3) is 5.91 Å². The fraction of sp³-hybridized carbons (Fsp3) is 0.462. The Morgan fingerprint density at radius 3 is 2.81 bits per heavy atom. The highest BCUT2D eigenvalue weighted by molar-refractivity contribution is 7.88. The standard InChI is InChI=1S/C13H16ClFN2O3S/c1-21(19,20)16-9-4-3-7-17(8-9)13(18)12-10(14)5-2-6-11(12)15/h2,5-6,9,16H,3-4,7-8H2,1H3/t9-/m1/s1. The van der Waals surface area contributed by atoms with E-state index in [1.54, 1.807) is 0 Å². The Morgan fingerprint density at radius 2 is 2.19 bits per heavy atom. The molecule has 5 nitrogen and oxygen atoms in total. The van der Waals surface area contributed by atoms with Gasteiger partial charge in [0.05, 0.1) is 16.8 Å². The summed E-state index contributed by atoms with van der Waals surface area (Å²) in [6.07, 6.45) is 2.36. The van der Waals surface area contributed by atoms with Crippen molar-refractivity contribution in [2.75, 3.05) is 19.3 Å². The number of benzene rings is 1. The van der Waals surface area contributed by atoms with E-state index in [0.29, 0.717) is 19.4 Å². The van der Waals surface area contributed by atoms with E-state index in [-0.39, 0.29) is 23.2 Å². The lowest BCUT2D eigenvalue weighted by atomic mass is 10.1. The molecule has 0 aliphatic carbocycles. The number of piperidine rings is 1. The molecule has 8 heteroatoms. The fourth-order valence-electron chi connectivity index (χ4n) is 2.42. The maximum Gasteiger partial charge on any atom is 0.258 e. The molecular weight excluding hydrogens is 319 g/mol. The van der Waals surface area contributed by atoms with Gasteiger partial charge in [0, 0.05) is 19.1 Å². The van der Waals surface area contributed by atoms with E-state index in [1.165, 1.54) is 23.1 Å². The molecule has 0 saturated carbocycles. The summed E-state index contributed by atoms with van der Waals surface area (Å²) < 4.78 is 38.8. The molecule has 0 radical (unpaired) electrons. The third kappa shape index (κ3) is 4.15. The second kappa shape index (κ2) is 6.29. The van der Waals surface area contributed by atoms with Gasteiger partial charge in [0.2, 0.25) is 10.0 Å². The monoisotopic (exact) mass is 334 g/mol. The number of nitrogens with zero attached hydrogens (tertiary/aromatic N) is 1. The van der Waals surface area contributed by atoms with Crippen LogP contribution >= 0.6 is 11.6 Å². The summed E-state index contributed by atoms with van der Waals surface area (Å²) in [5.41, 5.74) is -0.167. The Morgan fingerprint density at radius 1 is 1.48 bits per heavy atom. The molecule has 1 atom stereocenters. The highest BCUT2D eigenvalue weighted by Gasteiger charge is 2.28. The first-order valence-corrected chi connectivity index (χ1v) is 8.75. The van der Waals surface area contributed by atoms with Gasteiger partial charge in [-0.15, -0.1) is 0 Å². The largest absolute Gasteiger partial charge is 0.337 e. The summed E-state index contributed by atoms with van der Waals surface area (Å²) >= 11 is 5.89. The van der Waals surface area contributed by atoms with Gasteiger partial charge in [0.15, 0.2) is 0 Å². The van der Waals surface area contributed by atoms with Crippen LogP contribution in [-0.4, -0.2) is 44.6 Å². The fourth-order valence-corrected chi connectivity index (χ4v) is 3.46. The number of likely N-dealkylation sites (tertiary alicyclic amines) is 1. The minimum absolute atomic E-state index is 0.0539. The maximum atomic E-state index is 13.8. The van der Waals surface area contributed by atoms with Crippen molar-refractivity contribution in [1.29, 1.82) is 0 Å². The first-order valence-electron chi connectivity index (χ1n) is 6.48. The van der Waals surface area contributed by atoms with Crippen LogP contribution in [0.1, 0.15) is 23.2 Å². The summed E-state index contributed by atoms with van der Waals surface area (Å²) in [4.78, 5) is 13.8. The number of carbonyl (C=O) groups is 1. The Bertz CT molecular complexity index is 631. The van der Waals surface area contributed by atoms with E-state index >= 15 is 0 Å². The Balaban J connectivity index is 2.16. The first-order chi connectivity index (χ1) is 9.78. The lowest BCUT2D eigenvalue weighted by molar-refractivity contribution is 0.0698. The van der Waals surface area contributed by atoms with Gasteiger partial charge >= 0.3 is 0 Å². The second-order valence-corrected chi connectivity index (χ2v) is 7.26. The number of sulfonamides is 1. The zero-order chi connectivity index (χ0) is 15.6. The van der Waals surface area contributed by atoms with Crippen molar-refractivity contribution in [2.45, 2.75) is 18.9 Å². The number of carbonyl (C=O) groups excluding carboxylic acids is 1. The number of amides is 1. The highest BCUT2D eigenvalue weighted by Crippen LogP contribution is 2.22. The van der Waals surface area contributed by atoms with Crippen molar-refractivity contribution in [3.8, 4) is 0 Å². The smallest absolute Gasteiger partial charge is 0.258 e.